The Hall–Kier alpha value is -4.26. The number of benzene rings is 3. The van der Waals surface area contributed by atoms with Crippen molar-refractivity contribution in [3.05, 3.63) is 108 Å². The van der Waals surface area contributed by atoms with Gasteiger partial charge < -0.3 is 24.3 Å². The van der Waals surface area contributed by atoms with E-state index in [2.05, 4.69) is 9.88 Å². The lowest BCUT2D eigenvalue weighted by molar-refractivity contribution is 0.194. The Labute approximate surface area is 197 Å². The van der Waals surface area contributed by atoms with Crippen molar-refractivity contribution >= 4 is 11.7 Å². The van der Waals surface area contributed by atoms with Crippen LogP contribution in [0.25, 0.3) is 5.69 Å². The molecule has 6 nitrogen and oxygen atoms in total. The summed E-state index contributed by atoms with van der Waals surface area (Å²) in [5.41, 5.74) is 4.33. The standard InChI is InChI=1S/C27H24FN3O3/c1-33-24-14-13-21(16-25(24)34-2)29-27(32)31-17-19-6-3-4-7-22(19)30-15-5-8-23(30)26(31)18-9-11-20(28)12-10-18/h3-16,26H,17H2,1-2H3,(H,29,32). The number of aromatic nitrogens is 1. The fourth-order valence-electron chi connectivity index (χ4n) is 4.44. The van der Waals surface area contributed by atoms with Gasteiger partial charge in [-0.25, -0.2) is 9.18 Å². The third kappa shape index (κ3) is 3.85. The first-order chi connectivity index (χ1) is 16.6. The van der Waals surface area contributed by atoms with Crippen molar-refractivity contribution in [3.63, 3.8) is 0 Å². The number of carbonyl (C=O) groups excluding carboxylic acids is 1. The summed E-state index contributed by atoms with van der Waals surface area (Å²) in [5.74, 6) is 0.772. The van der Waals surface area contributed by atoms with E-state index in [1.54, 1.807) is 49.5 Å². The molecule has 1 aromatic heterocycles. The van der Waals surface area contributed by atoms with Gasteiger partial charge in [-0.2, -0.15) is 0 Å². The van der Waals surface area contributed by atoms with Crippen molar-refractivity contribution in [1.82, 2.24) is 9.47 Å². The number of carbonyl (C=O) groups is 1. The number of nitrogens with zero attached hydrogens (tertiary/aromatic N) is 2. The zero-order valence-corrected chi connectivity index (χ0v) is 18.9. The van der Waals surface area contributed by atoms with Crippen molar-refractivity contribution in [2.24, 2.45) is 0 Å². The molecular weight excluding hydrogens is 433 g/mol. The number of urea groups is 1. The average molecular weight is 458 g/mol. The SMILES string of the molecule is COc1ccc(NC(=O)N2Cc3ccccc3-n3cccc3C2c2ccc(F)cc2)cc1OC. The molecule has 7 heteroatoms. The second kappa shape index (κ2) is 8.94. The van der Waals surface area contributed by atoms with E-state index in [0.717, 1.165) is 22.5 Å². The summed E-state index contributed by atoms with van der Waals surface area (Å²) in [6.45, 7) is 0.374. The summed E-state index contributed by atoms with van der Waals surface area (Å²) >= 11 is 0. The maximum absolute atomic E-state index is 13.7. The quantitative estimate of drug-likeness (QED) is 0.423. The van der Waals surface area contributed by atoms with E-state index in [-0.39, 0.29) is 11.8 Å². The Morgan fingerprint density at radius 2 is 1.71 bits per heavy atom. The molecule has 1 aliphatic rings. The maximum atomic E-state index is 13.7. The number of methoxy groups -OCH3 is 2. The fourth-order valence-corrected chi connectivity index (χ4v) is 4.44. The molecular formula is C27H24FN3O3. The minimum Gasteiger partial charge on any atom is -0.493 e. The first kappa shape index (κ1) is 21.6. The molecule has 2 heterocycles. The van der Waals surface area contributed by atoms with Gasteiger partial charge in [0.1, 0.15) is 5.82 Å². The molecule has 0 saturated carbocycles. The largest absolute Gasteiger partial charge is 0.493 e. The van der Waals surface area contributed by atoms with Crippen LogP contribution in [0.3, 0.4) is 0 Å². The predicted octanol–water partition coefficient (Wildman–Crippen LogP) is 5.77. The molecule has 1 N–H and O–H groups in total. The Balaban J connectivity index is 1.58. The highest BCUT2D eigenvalue weighted by atomic mass is 19.1. The number of hydrogen-bond donors (Lipinski definition) is 1. The molecule has 34 heavy (non-hydrogen) atoms. The number of fused-ring (bicyclic) bond motifs is 3. The molecule has 4 aromatic rings. The molecule has 0 spiro atoms. The van der Waals surface area contributed by atoms with Gasteiger partial charge in [0.05, 0.1) is 32.5 Å². The Morgan fingerprint density at radius 3 is 2.47 bits per heavy atom. The molecule has 2 amide bonds. The first-order valence-corrected chi connectivity index (χ1v) is 10.9. The van der Waals surface area contributed by atoms with E-state index in [0.29, 0.717) is 23.7 Å². The van der Waals surface area contributed by atoms with Gasteiger partial charge in [0, 0.05) is 23.6 Å². The lowest BCUT2D eigenvalue weighted by atomic mass is 10.0. The van der Waals surface area contributed by atoms with Crippen molar-refractivity contribution in [2.75, 3.05) is 19.5 Å². The van der Waals surface area contributed by atoms with Gasteiger partial charge in [0.25, 0.3) is 0 Å². The van der Waals surface area contributed by atoms with Crippen molar-refractivity contribution in [2.45, 2.75) is 12.6 Å². The van der Waals surface area contributed by atoms with Crippen molar-refractivity contribution in [1.29, 1.82) is 0 Å². The van der Waals surface area contributed by atoms with Crippen LogP contribution in [0.2, 0.25) is 0 Å². The maximum Gasteiger partial charge on any atom is 0.322 e. The van der Waals surface area contributed by atoms with Gasteiger partial charge in [-0.1, -0.05) is 30.3 Å². The number of amides is 2. The highest BCUT2D eigenvalue weighted by Gasteiger charge is 2.33. The topological polar surface area (TPSA) is 55.7 Å². The number of para-hydroxylation sites is 1. The van der Waals surface area contributed by atoms with Crippen LogP contribution < -0.4 is 14.8 Å². The molecule has 1 unspecified atom stereocenters. The predicted molar refractivity (Wildman–Crippen MR) is 128 cm³/mol. The molecule has 0 aliphatic carbocycles. The molecule has 1 atom stereocenters. The van der Waals surface area contributed by atoms with Gasteiger partial charge in [0.15, 0.2) is 11.5 Å². The van der Waals surface area contributed by atoms with Gasteiger partial charge in [-0.15, -0.1) is 0 Å². The molecule has 0 radical (unpaired) electrons. The first-order valence-electron chi connectivity index (χ1n) is 10.9. The fraction of sp³-hybridized carbons (Fsp3) is 0.148. The summed E-state index contributed by atoms with van der Waals surface area (Å²) in [7, 11) is 3.11. The number of rotatable bonds is 4. The van der Waals surface area contributed by atoms with Gasteiger partial charge >= 0.3 is 6.03 Å². The van der Waals surface area contributed by atoms with Crippen LogP contribution in [-0.2, 0) is 6.54 Å². The van der Waals surface area contributed by atoms with Crippen LogP contribution in [0.4, 0.5) is 14.9 Å². The Bertz CT molecular complexity index is 1330. The monoisotopic (exact) mass is 457 g/mol. The number of anilines is 1. The van der Waals surface area contributed by atoms with Crippen LogP contribution >= 0.6 is 0 Å². The smallest absolute Gasteiger partial charge is 0.322 e. The van der Waals surface area contributed by atoms with E-state index in [1.807, 2.05) is 42.6 Å². The molecule has 0 bridgehead atoms. The number of ether oxygens (including phenoxy) is 2. The number of hydrogen-bond acceptors (Lipinski definition) is 3. The zero-order valence-electron chi connectivity index (χ0n) is 18.9. The highest BCUT2D eigenvalue weighted by molar-refractivity contribution is 5.90. The highest BCUT2D eigenvalue weighted by Crippen LogP contribution is 2.37. The Morgan fingerprint density at radius 1 is 0.941 bits per heavy atom. The Kier molecular flexibility index (Phi) is 5.67. The summed E-state index contributed by atoms with van der Waals surface area (Å²) in [5, 5.41) is 3.00. The van der Waals surface area contributed by atoms with Crippen LogP contribution in [0, 0.1) is 5.82 Å². The van der Waals surface area contributed by atoms with E-state index < -0.39 is 6.04 Å². The van der Waals surface area contributed by atoms with Crippen molar-refractivity contribution in [3.8, 4) is 17.2 Å². The number of nitrogens with one attached hydrogen (secondary N) is 1. The van der Waals surface area contributed by atoms with Crippen LogP contribution in [0.1, 0.15) is 22.9 Å². The van der Waals surface area contributed by atoms with E-state index in [4.69, 9.17) is 9.47 Å². The normalized spacial score (nSPS) is 14.6. The zero-order chi connectivity index (χ0) is 23.7. The van der Waals surface area contributed by atoms with E-state index in [9.17, 15) is 9.18 Å². The second-order valence-electron chi connectivity index (χ2n) is 8.01. The summed E-state index contributed by atoms with van der Waals surface area (Å²) in [4.78, 5) is 15.5. The third-order valence-corrected chi connectivity index (χ3v) is 6.05. The van der Waals surface area contributed by atoms with Gasteiger partial charge in [-0.05, 0) is 53.6 Å². The molecule has 172 valence electrons. The molecule has 0 fully saturated rings. The minimum atomic E-state index is -0.428. The second-order valence-corrected chi connectivity index (χ2v) is 8.01. The van der Waals surface area contributed by atoms with Gasteiger partial charge in [-0.3, -0.25) is 0 Å². The summed E-state index contributed by atoms with van der Waals surface area (Å²) in [6.07, 6.45) is 1.99. The van der Waals surface area contributed by atoms with Crippen molar-refractivity contribution < 1.29 is 18.7 Å². The molecule has 0 saturated heterocycles. The number of halogens is 1. The van der Waals surface area contributed by atoms with Crippen LogP contribution in [0.15, 0.2) is 85.1 Å². The van der Waals surface area contributed by atoms with Gasteiger partial charge in [0.2, 0.25) is 0 Å². The molecule has 5 rings (SSSR count). The van der Waals surface area contributed by atoms with Crippen LogP contribution in [0.5, 0.6) is 11.5 Å². The van der Waals surface area contributed by atoms with E-state index >= 15 is 0 Å². The molecule has 1 aliphatic heterocycles. The lowest BCUT2D eigenvalue weighted by Gasteiger charge is -2.31. The minimum absolute atomic E-state index is 0.286. The lowest BCUT2D eigenvalue weighted by Crippen LogP contribution is -2.37. The van der Waals surface area contributed by atoms with E-state index in [1.165, 1.54) is 12.1 Å². The average Bonchev–Trinajstić information content (AvgIpc) is 3.29. The third-order valence-electron chi connectivity index (χ3n) is 6.05. The summed E-state index contributed by atoms with van der Waals surface area (Å²) in [6, 6.07) is 22.8. The summed E-state index contributed by atoms with van der Waals surface area (Å²) < 4.78 is 26.5. The molecule has 3 aromatic carbocycles. The van der Waals surface area contributed by atoms with Crippen LogP contribution in [-0.4, -0.2) is 29.7 Å².